The van der Waals surface area contributed by atoms with Crippen molar-refractivity contribution in [2.24, 2.45) is 0 Å². The number of nitrogens with one attached hydrogen (secondary N) is 1. The second-order valence-electron chi connectivity index (χ2n) is 4.88. The van der Waals surface area contributed by atoms with Crippen LogP contribution >= 0.6 is 0 Å². The summed E-state index contributed by atoms with van der Waals surface area (Å²) in [6.07, 6.45) is 2.94. The molecule has 0 spiro atoms. The Morgan fingerprint density at radius 2 is 2.05 bits per heavy atom. The van der Waals surface area contributed by atoms with Crippen LogP contribution in [0.5, 0.6) is 0 Å². The second kappa shape index (κ2) is 9.41. The molecule has 20 heavy (non-hydrogen) atoms. The highest BCUT2D eigenvalue weighted by Crippen LogP contribution is 2.02. The van der Waals surface area contributed by atoms with Gasteiger partial charge in [-0.1, -0.05) is 20.8 Å². The lowest BCUT2D eigenvalue weighted by atomic mass is 10.3. The molecule has 0 radical (unpaired) electrons. The predicted molar refractivity (Wildman–Crippen MR) is 77.0 cm³/mol. The lowest BCUT2D eigenvalue weighted by Gasteiger charge is -2.20. The molecule has 1 aromatic rings. The van der Waals surface area contributed by atoms with Gasteiger partial charge in [0, 0.05) is 13.1 Å². The Hall–Kier alpha value is -1.50. The lowest BCUT2D eigenvalue weighted by molar-refractivity contribution is -0.122. The number of hydrogen-bond donors (Lipinski definition) is 1. The van der Waals surface area contributed by atoms with Gasteiger partial charge in [0.05, 0.1) is 13.1 Å². The highest BCUT2D eigenvalue weighted by Gasteiger charge is 2.14. The monoisotopic (exact) mass is 282 g/mol. The summed E-state index contributed by atoms with van der Waals surface area (Å²) in [4.78, 5) is 13.9. The number of amides is 1. The van der Waals surface area contributed by atoms with Gasteiger partial charge in [0.15, 0.2) is 5.82 Å². The quantitative estimate of drug-likeness (QED) is 0.687. The zero-order chi connectivity index (χ0) is 14.8. The molecule has 1 heterocycles. The van der Waals surface area contributed by atoms with E-state index >= 15 is 0 Å². The van der Waals surface area contributed by atoms with Crippen molar-refractivity contribution in [1.29, 1.82) is 0 Å². The van der Waals surface area contributed by atoms with Gasteiger partial charge < -0.3 is 5.32 Å². The third-order valence-electron chi connectivity index (χ3n) is 2.89. The number of aromatic nitrogens is 4. The maximum atomic E-state index is 11.8. The van der Waals surface area contributed by atoms with Gasteiger partial charge >= 0.3 is 0 Å². The normalized spacial score (nSPS) is 11.0. The molecule has 114 valence electrons. The first-order valence-corrected chi connectivity index (χ1v) is 7.45. The van der Waals surface area contributed by atoms with Crippen molar-refractivity contribution < 1.29 is 4.79 Å². The maximum absolute atomic E-state index is 11.8. The van der Waals surface area contributed by atoms with E-state index in [4.69, 9.17) is 0 Å². The van der Waals surface area contributed by atoms with Gasteiger partial charge in [0.2, 0.25) is 5.91 Å². The van der Waals surface area contributed by atoms with Crippen LogP contribution in [0.1, 0.15) is 45.9 Å². The molecule has 7 nitrogen and oxygen atoms in total. The van der Waals surface area contributed by atoms with E-state index in [1.807, 2.05) is 11.6 Å². The summed E-state index contributed by atoms with van der Waals surface area (Å²) in [5, 5.41) is 14.7. The molecule has 1 amide bonds. The van der Waals surface area contributed by atoms with E-state index in [1.165, 1.54) is 0 Å². The maximum Gasteiger partial charge on any atom is 0.234 e. The van der Waals surface area contributed by atoms with Gasteiger partial charge in [0.1, 0.15) is 0 Å². The number of rotatable bonds is 10. The van der Waals surface area contributed by atoms with E-state index in [9.17, 15) is 4.79 Å². The summed E-state index contributed by atoms with van der Waals surface area (Å²) in [7, 11) is 0. The van der Waals surface area contributed by atoms with Gasteiger partial charge in [-0.05, 0) is 36.2 Å². The number of aryl methyl sites for hydroxylation is 1. The summed E-state index contributed by atoms with van der Waals surface area (Å²) in [5.41, 5.74) is 0. The van der Waals surface area contributed by atoms with Crippen molar-refractivity contribution in [1.82, 2.24) is 30.4 Å². The zero-order valence-electron chi connectivity index (χ0n) is 12.8. The summed E-state index contributed by atoms with van der Waals surface area (Å²) in [6, 6.07) is 0. The summed E-state index contributed by atoms with van der Waals surface area (Å²) in [6.45, 7) is 9.64. The van der Waals surface area contributed by atoms with Gasteiger partial charge in [-0.3, -0.25) is 9.69 Å². The molecule has 0 aromatic carbocycles. The number of carbonyl (C=O) groups excluding carboxylic acids is 1. The minimum absolute atomic E-state index is 0.0646. The first-order valence-electron chi connectivity index (χ1n) is 7.45. The molecule has 0 aliphatic carbocycles. The van der Waals surface area contributed by atoms with E-state index in [2.05, 4.69) is 39.6 Å². The first-order chi connectivity index (χ1) is 9.71. The van der Waals surface area contributed by atoms with Crippen LogP contribution in [0.2, 0.25) is 0 Å². The van der Waals surface area contributed by atoms with Crippen molar-refractivity contribution in [3.63, 3.8) is 0 Å². The average Bonchev–Trinajstić information content (AvgIpc) is 2.84. The Balaban J connectivity index is 2.57. The van der Waals surface area contributed by atoms with E-state index < -0.39 is 0 Å². The van der Waals surface area contributed by atoms with Crippen molar-refractivity contribution in [3.8, 4) is 0 Å². The van der Waals surface area contributed by atoms with Crippen molar-refractivity contribution in [2.75, 3.05) is 19.6 Å². The molecular weight excluding hydrogens is 256 g/mol. The van der Waals surface area contributed by atoms with Gasteiger partial charge in [-0.15, -0.1) is 5.10 Å². The molecule has 1 rings (SSSR count). The van der Waals surface area contributed by atoms with E-state index in [0.29, 0.717) is 13.1 Å². The van der Waals surface area contributed by atoms with E-state index in [-0.39, 0.29) is 5.91 Å². The van der Waals surface area contributed by atoms with Crippen molar-refractivity contribution in [2.45, 2.75) is 53.1 Å². The fourth-order valence-corrected chi connectivity index (χ4v) is 1.98. The summed E-state index contributed by atoms with van der Waals surface area (Å²) in [5.74, 6) is 0.887. The summed E-state index contributed by atoms with van der Waals surface area (Å²) >= 11 is 0. The molecule has 0 saturated carbocycles. The molecule has 0 atom stereocenters. The molecule has 1 N–H and O–H groups in total. The van der Waals surface area contributed by atoms with Crippen LogP contribution < -0.4 is 5.32 Å². The van der Waals surface area contributed by atoms with Crippen molar-refractivity contribution >= 4 is 5.91 Å². The lowest BCUT2D eigenvalue weighted by Crippen LogP contribution is -2.38. The van der Waals surface area contributed by atoms with Gasteiger partial charge in [-0.2, -0.15) is 0 Å². The van der Waals surface area contributed by atoms with Crippen LogP contribution in [0, 0.1) is 0 Å². The molecule has 0 saturated heterocycles. The Morgan fingerprint density at radius 1 is 1.25 bits per heavy atom. The Kier molecular flexibility index (Phi) is 7.79. The molecule has 0 bridgehead atoms. The van der Waals surface area contributed by atoms with Crippen LogP contribution in [-0.4, -0.2) is 50.6 Å². The van der Waals surface area contributed by atoms with Gasteiger partial charge in [-0.25, -0.2) is 4.68 Å². The fourth-order valence-electron chi connectivity index (χ4n) is 1.98. The fraction of sp³-hybridized carbons (Fsp3) is 0.846. The topological polar surface area (TPSA) is 75.9 Å². The average molecular weight is 282 g/mol. The molecule has 7 heteroatoms. The molecular formula is C13H26N6O. The van der Waals surface area contributed by atoms with Crippen LogP contribution in [0.25, 0.3) is 0 Å². The number of tetrazole rings is 1. The SMILES string of the molecule is CCCNC(=O)CN(CCC)Cc1nnnn1CCC. The second-order valence-corrected chi connectivity index (χ2v) is 4.88. The largest absolute Gasteiger partial charge is 0.355 e. The highest BCUT2D eigenvalue weighted by atomic mass is 16.2. The number of carbonyl (C=O) groups is 1. The highest BCUT2D eigenvalue weighted by molar-refractivity contribution is 5.77. The van der Waals surface area contributed by atoms with E-state index in [0.717, 1.165) is 44.7 Å². The standard InChI is InChI=1S/C13H26N6O/c1-4-7-14-13(20)11-18(8-5-2)10-12-15-16-17-19(12)9-6-3/h4-11H2,1-3H3,(H,14,20). The Labute approximate surface area is 120 Å². The van der Waals surface area contributed by atoms with Crippen molar-refractivity contribution in [3.05, 3.63) is 5.82 Å². The molecule has 1 aromatic heterocycles. The molecule has 0 aliphatic heterocycles. The Morgan fingerprint density at radius 3 is 2.70 bits per heavy atom. The number of hydrogen-bond acceptors (Lipinski definition) is 5. The summed E-state index contributed by atoms with van der Waals surface area (Å²) < 4.78 is 1.81. The van der Waals surface area contributed by atoms with Crippen LogP contribution in [0.15, 0.2) is 0 Å². The zero-order valence-corrected chi connectivity index (χ0v) is 12.8. The van der Waals surface area contributed by atoms with Gasteiger partial charge in [0.25, 0.3) is 0 Å². The molecule has 0 fully saturated rings. The van der Waals surface area contributed by atoms with Crippen LogP contribution in [0.4, 0.5) is 0 Å². The van der Waals surface area contributed by atoms with Crippen LogP contribution in [0.3, 0.4) is 0 Å². The third kappa shape index (κ3) is 5.64. The first kappa shape index (κ1) is 16.6. The molecule has 0 unspecified atom stereocenters. The smallest absolute Gasteiger partial charge is 0.234 e. The predicted octanol–water partition coefficient (Wildman–Crippen LogP) is 0.821. The number of nitrogens with zero attached hydrogens (tertiary/aromatic N) is 5. The van der Waals surface area contributed by atoms with E-state index in [1.54, 1.807) is 0 Å². The minimum atomic E-state index is 0.0646. The third-order valence-corrected chi connectivity index (χ3v) is 2.89. The Bertz CT molecular complexity index is 392. The minimum Gasteiger partial charge on any atom is -0.355 e. The molecule has 0 aliphatic rings. The van der Waals surface area contributed by atoms with Crippen LogP contribution in [-0.2, 0) is 17.9 Å².